The van der Waals surface area contributed by atoms with Crippen LogP contribution in [0.25, 0.3) is 0 Å². The molecule has 1 fully saturated rings. The molecule has 3 heteroatoms. The number of ketones is 1. The van der Waals surface area contributed by atoms with Gasteiger partial charge in [0.2, 0.25) is 0 Å². The molecule has 0 aromatic heterocycles. The summed E-state index contributed by atoms with van der Waals surface area (Å²) < 4.78 is 5.66. The molecule has 1 N–H and O–H groups in total. The van der Waals surface area contributed by atoms with Crippen molar-refractivity contribution in [3.8, 4) is 5.75 Å². The molecule has 0 bridgehead atoms. The van der Waals surface area contributed by atoms with Gasteiger partial charge in [0.25, 0.3) is 0 Å². The monoisotopic (exact) mass is 247 g/mol. The highest BCUT2D eigenvalue weighted by Gasteiger charge is 2.24. The standard InChI is InChI=1S/C15H21NO2/c1-2-10-18-14-8-4-3-7-13(14)15(17)12-6-5-9-16-11-12/h3-4,7-8,12,16H,2,5-6,9-11H2,1H3. The normalized spacial score (nSPS) is 19.5. The molecule has 1 aromatic carbocycles. The molecule has 1 heterocycles. The van der Waals surface area contributed by atoms with Crippen LogP contribution in [-0.2, 0) is 0 Å². The maximum absolute atomic E-state index is 12.5. The van der Waals surface area contributed by atoms with Gasteiger partial charge in [-0.2, -0.15) is 0 Å². The lowest BCUT2D eigenvalue weighted by atomic mass is 9.90. The van der Waals surface area contributed by atoms with E-state index >= 15 is 0 Å². The first-order chi connectivity index (χ1) is 8.83. The Labute approximate surface area is 109 Å². The molecular formula is C15H21NO2. The van der Waals surface area contributed by atoms with E-state index in [9.17, 15) is 4.79 Å². The predicted octanol–water partition coefficient (Wildman–Crippen LogP) is 2.66. The fourth-order valence-corrected chi connectivity index (χ4v) is 2.30. The number of para-hydroxylation sites is 1. The zero-order chi connectivity index (χ0) is 12.8. The fraction of sp³-hybridized carbons (Fsp3) is 0.533. The number of benzene rings is 1. The highest BCUT2D eigenvalue weighted by Crippen LogP contribution is 2.24. The Bertz CT molecular complexity index is 397. The van der Waals surface area contributed by atoms with Crippen molar-refractivity contribution in [1.82, 2.24) is 5.32 Å². The van der Waals surface area contributed by atoms with Crippen LogP contribution in [0.15, 0.2) is 24.3 Å². The minimum Gasteiger partial charge on any atom is -0.493 e. The van der Waals surface area contributed by atoms with Crippen LogP contribution in [0, 0.1) is 5.92 Å². The largest absolute Gasteiger partial charge is 0.493 e. The van der Waals surface area contributed by atoms with Gasteiger partial charge in [-0.25, -0.2) is 0 Å². The van der Waals surface area contributed by atoms with E-state index < -0.39 is 0 Å². The van der Waals surface area contributed by atoms with Gasteiger partial charge >= 0.3 is 0 Å². The van der Waals surface area contributed by atoms with Crippen molar-refractivity contribution in [2.75, 3.05) is 19.7 Å². The van der Waals surface area contributed by atoms with Gasteiger partial charge in [-0.1, -0.05) is 19.1 Å². The van der Waals surface area contributed by atoms with Crippen molar-refractivity contribution in [3.05, 3.63) is 29.8 Å². The number of Topliss-reactive ketones (excluding diaryl/α,β-unsaturated/α-hetero) is 1. The molecule has 3 nitrogen and oxygen atoms in total. The van der Waals surface area contributed by atoms with Crippen LogP contribution < -0.4 is 10.1 Å². The second-order valence-electron chi connectivity index (χ2n) is 4.75. The van der Waals surface area contributed by atoms with E-state index in [1.165, 1.54) is 0 Å². The molecular weight excluding hydrogens is 226 g/mol. The smallest absolute Gasteiger partial charge is 0.170 e. The number of ether oxygens (including phenoxy) is 1. The van der Waals surface area contributed by atoms with Crippen LogP contribution in [-0.4, -0.2) is 25.5 Å². The topological polar surface area (TPSA) is 38.3 Å². The molecule has 18 heavy (non-hydrogen) atoms. The number of nitrogens with one attached hydrogen (secondary N) is 1. The third kappa shape index (κ3) is 3.10. The highest BCUT2D eigenvalue weighted by atomic mass is 16.5. The maximum Gasteiger partial charge on any atom is 0.170 e. The summed E-state index contributed by atoms with van der Waals surface area (Å²) in [5.74, 6) is 1.05. The number of carbonyl (C=O) groups is 1. The van der Waals surface area contributed by atoms with Crippen LogP contribution in [0.2, 0.25) is 0 Å². The van der Waals surface area contributed by atoms with Crippen molar-refractivity contribution in [2.45, 2.75) is 26.2 Å². The van der Waals surface area contributed by atoms with E-state index in [2.05, 4.69) is 12.2 Å². The van der Waals surface area contributed by atoms with Gasteiger partial charge in [0.15, 0.2) is 5.78 Å². The van der Waals surface area contributed by atoms with Gasteiger partial charge in [0, 0.05) is 12.5 Å². The van der Waals surface area contributed by atoms with Gasteiger partial charge in [-0.05, 0) is 37.9 Å². The molecule has 0 radical (unpaired) electrons. The second kappa shape index (κ2) is 6.55. The molecule has 1 aromatic rings. The van der Waals surface area contributed by atoms with Gasteiger partial charge in [-0.15, -0.1) is 0 Å². The number of rotatable bonds is 5. The van der Waals surface area contributed by atoms with Crippen LogP contribution >= 0.6 is 0 Å². The van der Waals surface area contributed by atoms with Crippen molar-refractivity contribution in [2.24, 2.45) is 5.92 Å². The lowest BCUT2D eigenvalue weighted by Crippen LogP contribution is -2.34. The SMILES string of the molecule is CCCOc1ccccc1C(=O)C1CCCNC1. The molecule has 1 aliphatic rings. The zero-order valence-corrected chi connectivity index (χ0v) is 10.9. The summed E-state index contributed by atoms with van der Waals surface area (Å²) >= 11 is 0. The number of hydrogen-bond donors (Lipinski definition) is 1. The van der Waals surface area contributed by atoms with Gasteiger partial charge in [0.05, 0.1) is 12.2 Å². The third-order valence-electron chi connectivity index (χ3n) is 3.28. The van der Waals surface area contributed by atoms with Crippen LogP contribution in [0.5, 0.6) is 5.75 Å². The van der Waals surface area contributed by atoms with Crippen molar-refractivity contribution < 1.29 is 9.53 Å². The second-order valence-corrected chi connectivity index (χ2v) is 4.75. The lowest BCUT2D eigenvalue weighted by Gasteiger charge is -2.22. The summed E-state index contributed by atoms with van der Waals surface area (Å²) in [6.45, 7) is 4.54. The Morgan fingerprint density at radius 3 is 3.00 bits per heavy atom. The minimum atomic E-state index is 0.102. The molecule has 1 unspecified atom stereocenters. The van der Waals surface area contributed by atoms with E-state index in [-0.39, 0.29) is 11.7 Å². The maximum atomic E-state index is 12.5. The van der Waals surface area contributed by atoms with Gasteiger partial charge in [0.1, 0.15) is 5.75 Å². The van der Waals surface area contributed by atoms with E-state index in [0.29, 0.717) is 6.61 Å². The summed E-state index contributed by atoms with van der Waals surface area (Å²) in [6.07, 6.45) is 3.01. The third-order valence-corrected chi connectivity index (χ3v) is 3.28. The Balaban J connectivity index is 2.12. The highest BCUT2D eigenvalue weighted by molar-refractivity contribution is 6.00. The number of carbonyl (C=O) groups excluding carboxylic acids is 1. The molecule has 98 valence electrons. The predicted molar refractivity (Wildman–Crippen MR) is 72.2 cm³/mol. The quantitative estimate of drug-likeness (QED) is 0.813. The molecule has 1 aliphatic heterocycles. The van der Waals surface area contributed by atoms with Crippen LogP contribution in [0.4, 0.5) is 0 Å². The van der Waals surface area contributed by atoms with E-state index in [0.717, 1.165) is 43.7 Å². The molecule has 1 atom stereocenters. The summed E-state index contributed by atoms with van der Waals surface area (Å²) in [5.41, 5.74) is 0.736. The molecule has 2 rings (SSSR count). The van der Waals surface area contributed by atoms with Crippen LogP contribution in [0.3, 0.4) is 0 Å². The fourth-order valence-electron chi connectivity index (χ4n) is 2.30. The lowest BCUT2D eigenvalue weighted by molar-refractivity contribution is 0.0895. The summed E-state index contributed by atoms with van der Waals surface area (Å²) in [4.78, 5) is 12.5. The van der Waals surface area contributed by atoms with Crippen LogP contribution in [0.1, 0.15) is 36.5 Å². The molecule has 1 saturated heterocycles. The summed E-state index contributed by atoms with van der Waals surface area (Å²) in [6, 6.07) is 7.59. The molecule has 0 saturated carbocycles. The van der Waals surface area contributed by atoms with Crippen molar-refractivity contribution in [3.63, 3.8) is 0 Å². The van der Waals surface area contributed by atoms with Gasteiger partial charge in [-0.3, -0.25) is 4.79 Å². The molecule has 0 aliphatic carbocycles. The molecule has 0 spiro atoms. The van der Waals surface area contributed by atoms with E-state index in [1.54, 1.807) is 0 Å². The average Bonchev–Trinajstić information content (AvgIpc) is 2.45. The summed E-state index contributed by atoms with van der Waals surface area (Å²) in [5, 5.41) is 3.29. The average molecular weight is 247 g/mol. The van der Waals surface area contributed by atoms with Gasteiger partial charge < -0.3 is 10.1 Å². The number of hydrogen-bond acceptors (Lipinski definition) is 3. The minimum absolute atomic E-state index is 0.102. The first-order valence-corrected chi connectivity index (χ1v) is 6.79. The van der Waals surface area contributed by atoms with E-state index in [4.69, 9.17) is 4.74 Å². The Morgan fingerprint density at radius 1 is 1.44 bits per heavy atom. The van der Waals surface area contributed by atoms with E-state index in [1.807, 2.05) is 24.3 Å². The Kier molecular flexibility index (Phi) is 4.76. The van der Waals surface area contributed by atoms with Crippen molar-refractivity contribution >= 4 is 5.78 Å². The molecule has 0 amide bonds. The van der Waals surface area contributed by atoms with Crippen molar-refractivity contribution in [1.29, 1.82) is 0 Å². The first-order valence-electron chi connectivity index (χ1n) is 6.79. The first kappa shape index (κ1) is 13.1. The Hall–Kier alpha value is -1.35. The Morgan fingerprint density at radius 2 is 2.28 bits per heavy atom. The summed E-state index contributed by atoms with van der Waals surface area (Å²) in [7, 11) is 0. The number of piperidine rings is 1. The zero-order valence-electron chi connectivity index (χ0n) is 10.9.